The van der Waals surface area contributed by atoms with Crippen LogP contribution in [0.3, 0.4) is 0 Å². The zero-order valence-corrected chi connectivity index (χ0v) is 16.0. The quantitative estimate of drug-likeness (QED) is 0.592. The molecule has 1 aromatic heterocycles. The van der Waals surface area contributed by atoms with Crippen LogP contribution in [0.2, 0.25) is 5.02 Å². The van der Waals surface area contributed by atoms with E-state index in [1.807, 2.05) is 23.7 Å². The third-order valence-corrected chi connectivity index (χ3v) is 4.33. The molecule has 0 aliphatic carbocycles. The molecule has 0 aliphatic rings. The van der Waals surface area contributed by atoms with E-state index in [0.29, 0.717) is 10.8 Å². The number of aryl methyl sites for hydroxylation is 1. The molecule has 3 rings (SSSR count). The number of rotatable bonds is 7. The summed E-state index contributed by atoms with van der Waals surface area (Å²) in [7, 11) is 1.85. The number of halogens is 2. The van der Waals surface area contributed by atoms with Gasteiger partial charge in [-0.15, -0.1) is 0 Å². The smallest absolute Gasteiger partial charge is 0.315 e. The first kappa shape index (κ1) is 19.7. The zero-order chi connectivity index (χ0) is 19.9. The summed E-state index contributed by atoms with van der Waals surface area (Å²) < 4.78 is 20.7. The minimum absolute atomic E-state index is 0.141. The van der Waals surface area contributed by atoms with Crippen LogP contribution in [-0.2, 0) is 7.05 Å². The van der Waals surface area contributed by atoms with Crippen molar-refractivity contribution in [1.29, 1.82) is 0 Å². The lowest BCUT2D eigenvalue weighted by molar-refractivity contribution is 0.233. The summed E-state index contributed by atoms with van der Waals surface area (Å²) in [6, 6.07) is 12.5. The summed E-state index contributed by atoms with van der Waals surface area (Å²) >= 11 is 5.96. The molecule has 1 heterocycles. The van der Waals surface area contributed by atoms with Gasteiger partial charge in [0.2, 0.25) is 0 Å². The number of carbonyl (C=O) groups excluding carboxylic acids is 1. The van der Waals surface area contributed by atoms with Crippen molar-refractivity contribution in [1.82, 2.24) is 20.2 Å². The second-order valence-electron chi connectivity index (χ2n) is 6.06. The SMILES string of the molecule is Cn1ccnc1[C@@H](NC(=O)NCCOc1ccccc1F)c1ccc(Cl)cc1. The van der Waals surface area contributed by atoms with Gasteiger partial charge in [-0.05, 0) is 29.8 Å². The summed E-state index contributed by atoms with van der Waals surface area (Å²) in [4.78, 5) is 16.7. The lowest BCUT2D eigenvalue weighted by Crippen LogP contribution is -2.40. The minimum Gasteiger partial charge on any atom is -0.489 e. The molecule has 0 saturated carbocycles. The average Bonchev–Trinajstić information content (AvgIpc) is 3.11. The fourth-order valence-corrected chi connectivity index (χ4v) is 2.80. The van der Waals surface area contributed by atoms with E-state index in [-0.39, 0.29) is 24.9 Å². The highest BCUT2D eigenvalue weighted by Crippen LogP contribution is 2.22. The second-order valence-corrected chi connectivity index (χ2v) is 6.50. The molecule has 6 nitrogen and oxygen atoms in total. The molecule has 8 heteroatoms. The summed E-state index contributed by atoms with van der Waals surface area (Å²) in [5.74, 6) is 0.390. The Kier molecular flexibility index (Phi) is 6.49. The van der Waals surface area contributed by atoms with Crippen LogP contribution in [0.4, 0.5) is 9.18 Å². The number of para-hydroxylation sites is 1. The molecule has 0 fully saturated rings. The average molecular weight is 403 g/mol. The summed E-state index contributed by atoms with van der Waals surface area (Å²) in [6.45, 7) is 0.358. The van der Waals surface area contributed by atoms with Crippen molar-refractivity contribution >= 4 is 17.6 Å². The molecule has 0 aliphatic heterocycles. The number of urea groups is 1. The van der Waals surface area contributed by atoms with E-state index in [4.69, 9.17) is 16.3 Å². The van der Waals surface area contributed by atoms with Crippen LogP contribution in [-0.4, -0.2) is 28.7 Å². The first-order chi connectivity index (χ1) is 13.5. The number of imidazole rings is 1. The maximum absolute atomic E-state index is 13.5. The van der Waals surface area contributed by atoms with Crippen molar-refractivity contribution < 1.29 is 13.9 Å². The summed E-state index contributed by atoms with van der Waals surface area (Å²) in [6.07, 6.45) is 3.47. The molecule has 1 atom stereocenters. The van der Waals surface area contributed by atoms with Crippen LogP contribution in [0.1, 0.15) is 17.4 Å². The Bertz CT molecular complexity index is 930. The number of ether oxygens (including phenoxy) is 1. The lowest BCUT2D eigenvalue weighted by Gasteiger charge is -2.19. The van der Waals surface area contributed by atoms with Gasteiger partial charge >= 0.3 is 6.03 Å². The summed E-state index contributed by atoms with van der Waals surface area (Å²) in [5.41, 5.74) is 0.844. The minimum atomic E-state index is -0.454. The molecule has 2 aromatic carbocycles. The van der Waals surface area contributed by atoms with Crippen molar-refractivity contribution in [3.8, 4) is 5.75 Å². The number of carbonyl (C=O) groups is 1. The molecule has 0 spiro atoms. The molecule has 0 saturated heterocycles. The number of nitrogens with one attached hydrogen (secondary N) is 2. The van der Waals surface area contributed by atoms with E-state index in [0.717, 1.165) is 5.56 Å². The molecule has 3 aromatic rings. The standard InChI is InChI=1S/C20H20ClFN4O2/c1-26-12-10-23-19(26)18(14-6-8-15(21)9-7-14)25-20(27)24-11-13-28-17-5-3-2-4-16(17)22/h2-10,12,18H,11,13H2,1H3,(H2,24,25,27)/t18-/m0/s1. The number of nitrogens with zero attached hydrogens (tertiary/aromatic N) is 2. The topological polar surface area (TPSA) is 68.2 Å². The molecule has 2 N–H and O–H groups in total. The predicted octanol–water partition coefficient (Wildman–Crippen LogP) is 3.68. The van der Waals surface area contributed by atoms with Gasteiger partial charge in [0.1, 0.15) is 18.5 Å². The van der Waals surface area contributed by atoms with Crippen LogP contribution in [0.25, 0.3) is 0 Å². The Labute approximate surface area is 167 Å². The van der Waals surface area contributed by atoms with Crippen molar-refractivity contribution in [3.05, 3.63) is 83.2 Å². The first-order valence-electron chi connectivity index (χ1n) is 8.69. The molecule has 0 radical (unpaired) electrons. The van der Waals surface area contributed by atoms with Gasteiger partial charge in [-0.25, -0.2) is 14.2 Å². The fourth-order valence-electron chi connectivity index (χ4n) is 2.68. The van der Waals surface area contributed by atoms with E-state index in [9.17, 15) is 9.18 Å². The van der Waals surface area contributed by atoms with Crippen molar-refractivity contribution in [2.24, 2.45) is 7.05 Å². The Morgan fingerprint density at radius 3 is 2.68 bits per heavy atom. The van der Waals surface area contributed by atoms with Gasteiger partial charge in [0.15, 0.2) is 11.6 Å². The van der Waals surface area contributed by atoms with Crippen molar-refractivity contribution in [2.45, 2.75) is 6.04 Å². The second kappa shape index (κ2) is 9.23. The number of hydrogen-bond acceptors (Lipinski definition) is 3. The number of aromatic nitrogens is 2. The molecule has 0 bridgehead atoms. The summed E-state index contributed by atoms with van der Waals surface area (Å²) in [5, 5.41) is 6.21. The van der Waals surface area contributed by atoms with Gasteiger partial charge in [-0.2, -0.15) is 0 Å². The predicted molar refractivity (Wildman–Crippen MR) is 105 cm³/mol. The van der Waals surface area contributed by atoms with Crippen LogP contribution in [0, 0.1) is 5.82 Å². The van der Waals surface area contributed by atoms with E-state index in [2.05, 4.69) is 15.6 Å². The van der Waals surface area contributed by atoms with Crippen LogP contribution >= 0.6 is 11.6 Å². The maximum atomic E-state index is 13.5. The number of benzene rings is 2. The van der Waals surface area contributed by atoms with E-state index >= 15 is 0 Å². The highest BCUT2D eigenvalue weighted by Gasteiger charge is 2.20. The third kappa shape index (κ3) is 5.01. The monoisotopic (exact) mass is 402 g/mol. The van der Waals surface area contributed by atoms with E-state index in [1.165, 1.54) is 12.1 Å². The molecular formula is C20H20ClFN4O2. The highest BCUT2D eigenvalue weighted by atomic mass is 35.5. The maximum Gasteiger partial charge on any atom is 0.315 e. The fraction of sp³-hybridized carbons (Fsp3) is 0.200. The molecule has 0 unspecified atom stereocenters. The number of amides is 2. The van der Waals surface area contributed by atoms with Gasteiger partial charge in [-0.1, -0.05) is 35.9 Å². The van der Waals surface area contributed by atoms with Crippen LogP contribution in [0.5, 0.6) is 5.75 Å². The molecule has 2 amide bonds. The first-order valence-corrected chi connectivity index (χ1v) is 9.07. The Morgan fingerprint density at radius 1 is 1.25 bits per heavy atom. The zero-order valence-electron chi connectivity index (χ0n) is 15.2. The Hall–Kier alpha value is -3.06. The normalized spacial score (nSPS) is 11.7. The Morgan fingerprint density at radius 2 is 2.00 bits per heavy atom. The largest absolute Gasteiger partial charge is 0.489 e. The molecule has 28 heavy (non-hydrogen) atoms. The third-order valence-electron chi connectivity index (χ3n) is 4.08. The van der Waals surface area contributed by atoms with Crippen molar-refractivity contribution in [3.63, 3.8) is 0 Å². The Balaban J connectivity index is 1.59. The van der Waals surface area contributed by atoms with Gasteiger partial charge in [-0.3, -0.25) is 0 Å². The van der Waals surface area contributed by atoms with Crippen LogP contribution in [0.15, 0.2) is 60.9 Å². The van der Waals surface area contributed by atoms with Gasteiger partial charge < -0.3 is 19.9 Å². The van der Waals surface area contributed by atoms with E-state index < -0.39 is 11.9 Å². The molecule has 146 valence electrons. The van der Waals surface area contributed by atoms with Crippen molar-refractivity contribution in [2.75, 3.05) is 13.2 Å². The number of hydrogen-bond donors (Lipinski definition) is 2. The van der Waals surface area contributed by atoms with Gasteiger partial charge in [0.05, 0.1) is 6.54 Å². The lowest BCUT2D eigenvalue weighted by atomic mass is 10.1. The van der Waals surface area contributed by atoms with Crippen LogP contribution < -0.4 is 15.4 Å². The van der Waals surface area contributed by atoms with E-state index in [1.54, 1.807) is 36.7 Å². The highest BCUT2D eigenvalue weighted by molar-refractivity contribution is 6.30. The molecular weight excluding hydrogens is 383 g/mol. The van der Waals surface area contributed by atoms with Gasteiger partial charge in [0.25, 0.3) is 0 Å². The van der Waals surface area contributed by atoms with Gasteiger partial charge in [0, 0.05) is 24.5 Å².